The molecule has 5 heteroatoms. The van der Waals surface area contributed by atoms with Gasteiger partial charge in [0.15, 0.2) is 0 Å². The Labute approximate surface area is 90.7 Å². The molecule has 2 amide bonds. The van der Waals surface area contributed by atoms with Crippen LogP contribution in [0.25, 0.3) is 0 Å². The lowest BCUT2D eigenvalue weighted by Gasteiger charge is -2.26. The third-order valence-electron chi connectivity index (χ3n) is 2.67. The van der Waals surface area contributed by atoms with Crippen molar-refractivity contribution in [3.05, 3.63) is 0 Å². The van der Waals surface area contributed by atoms with Gasteiger partial charge in [-0.3, -0.25) is 0 Å². The van der Waals surface area contributed by atoms with Crippen LogP contribution in [-0.2, 0) is 4.74 Å². The predicted molar refractivity (Wildman–Crippen MR) is 58.6 cm³/mol. The smallest absolute Gasteiger partial charge is 0.312 e. The molecule has 4 N–H and O–H groups in total. The lowest BCUT2D eigenvalue weighted by Crippen LogP contribution is -2.45. The van der Waals surface area contributed by atoms with Gasteiger partial charge in [-0.15, -0.1) is 0 Å². The second-order valence-corrected chi connectivity index (χ2v) is 4.08. The maximum absolute atomic E-state index is 10.8. The third kappa shape index (κ3) is 4.99. The van der Waals surface area contributed by atoms with Crippen LogP contribution < -0.4 is 16.4 Å². The van der Waals surface area contributed by atoms with E-state index >= 15 is 0 Å². The molecule has 5 nitrogen and oxygen atoms in total. The van der Waals surface area contributed by atoms with Gasteiger partial charge in [-0.2, -0.15) is 0 Å². The van der Waals surface area contributed by atoms with Crippen molar-refractivity contribution >= 4 is 6.03 Å². The van der Waals surface area contributed by atoms with Crippen LogP contribution >= 0.6 is 0 Å². The van der Waals surface area contributed by atoms with Crippen molar-refractivity contribution in [2.24, 2.45) is 11.7 Å². The van der Waals surface area contributed by atoms with E-state index in [1.54, 1.807) is 0 Å². The number of hydrogen-bond donors (Lipinski definition) is 3. The summed E-state index contributed by atoms with van der Waals surface area (Å²) in [6.07, 6.45) is 3.23. The Morgan fingerprint density at radius 2 is 2.47 bits per heavy atom. The molecule has 1 fully saturated rings. The number of primary amides is 1. The van der Waals surface area contributed by atoms with Crippen molar-refractivity contribution < 1.29 is 9.53 Å². The Morgan fingerprint density at radius 1 is 1.67 bits per heavy atom. The molecule has 0 aliphatic carbocycles. The molecule has 1 saturated heterocycles. The predicted octanol–water partition coefficient (Wildman–Crippen LogP) is 0.0594. The highest BCUT2D eigenvalue weighted by Gasteiger charge is 2.19. The van der Waals surface area contributed by atoms with Crippen LogP contribution in [0.15, 0.2) is 0 Å². The first-order valence-corrected chi connectivity index (χ1v) is 5.50. The van der Waals surface area contributed by atoms with E-state index < -0.39 is 6.03 Å². The largest absolute Gasteiger partial charge is 0.381 e. The first-order chi connectivity index (χ1) is 7.22. The number of hydrogen-bond acceptors (Lipinski definition) is 3. The van der Waals surface area contributed by atoms with Crippen molar-refractivity contribution in [3.8, 4) is 0 Å². The average molecular weight is 215 g/mol. The number of ether oxygens (including phenoxy) is 1. The molecule has 88 valence electrons. The Bertz CT molecular complexity index is 193. The third-order valence-corrected chi connectivity index (χ3v) is 2.67. The summed E-state index contributed by atoms with van der Waals surface area (Å²) in [4.78, 5) is 10.8. The van der Waals surface area contributed by atoms with Crippen LogP contribution in [0.1, 0.15) is 19.3 Å². The molecule has 0 saturated carbocycles. The fourth-order valence-electron chi connectivity index (χ4n) is 2.04. The number of carbonyl (C=O) groups is 1. The van der Waals surface area contributed by atoms with Crippen LogP contribution in [0.2, 0.25) is 0 Å². The first kappa shape index (κ1) is 12.3. The molecule has 0 spiro atoms. The van der Waals surface area contributed by atoms with Gasteiger partial charge in [0.25, 0.3) is 0 Å². The van der Waals surface area contributed by atoms with Gasteiger partial charge < -0.3 is 21.1 Å². The minimum absolute atomic E-state index is 0.110. The van der Waals surface area contributed by atoms with Gasteiger partial charge in [-0.05, 0) is 32.2 Å². The van der Waals surface area contributed by atoms with E-state index in [1.807, 2.05) is 7.05 Å². The molecule has 1 heterocycles. The van der Waals surface area contributed by atoms with Gasteiger partial charge >= 0.3 is 6.03 Å². The van der Waals surface area contributed by atoms with Crippen molar-refractivity contribution in [1.29, 1.82) is 0 Å². The zero-order valence-corrected chi connectivity index (χ0v) is 9.29. The maximum Gasteiger partial charge on any atom is 0.312 e. The van der Waals surface area contributed by atoms with Gasteiger partial charge in [-0.25, -0.2) is 4.79 Å². The van der Waals surface area contributed by atoms with E-state index in [0.717, 1.165) is 32.6 Å². The number of carbonyl (C=O) groups excluding carboxylic acids is 1. The minimum Gasteiger partial charge on any atom is -0.381 e. The van der Waals surface area contributed by atoms with Crippen LogP contribution in [0.4, 0.5) is 4.79 Å². The topological polar surface area (TPSA) is 76.4 Å². The van der Waals surface area contributed by atoms with Gasteiger partial charge in [-0.1, -0.05) is 0 Å². The van der Waals surface area contributed by atoms with Gasteiger partial charge in [0, 0.05) is 25.8 Å². The summed E-state index contributed by atoms with van der Waals surface area (Å²) >= 11 is 0. The number of nitrogens with two attached hydrogens (primary N) is 1. The number of amides is 2. The van der Waals surface area contributed by atoms with Crippen LogP contribution in [0.5, 0.6) is 0 Å². The summed E-state index contributed by atoms with van der Waals surface area (Å²) in [5, 5.41) is 5.80. The molecular formula is C10H21N3O2. The SMILES string of the molecule is CNC[C@H](C[C@H]1CCCOC1)NC(N)=O. The summed E-state index contributed by atoms with van der Waals surface area (Å²) in [7, 11) is 1.87. The average Bonchev–Trinajstić information content (AvgIpc) is 2.18. The quantitative estimate of drug-likeness (QED) is 0.607. The second-order valence-electron chi connectivity index (χ2n) is 4.08. The molecule has 1 rings (SSSR count). The molecule has 0 aromatic heterocycles. The van der Waals surface area contributed by atoms with E-state index in [4.69, 9.17) is 10.5 Å². The van der Waals surface area contributed by atoms with Crippen molar-refractivity contribution in [1.82, 2.24) is 10.6 Å². The molecule has 0 aromatic rings. The van der Waals surface area contributed by atoms with E-state index in [1.165, 1.54) is 6.42 Å². The number of nitrogens with one attached hydrogen (secondary N) is 2. The molecule has 15 heavy (non-hydrogen) atoms. The Kier molecular flexibility index (Phi) is 5.42. The summed E-state index contributed by atoms with van der Waals surface area (Å²) in [5.41, 5.74) is 5.12. The zero-order chi connectivity index (χ0) is 11.1. The van der Waals surface area contributed by atoms with E-state index in [2.05, 4.69) is 10.6 Å². The molecule has 2 atom stereocenters. The highest BCUT2D eigenvalue weighted by atomic mass is 16.5. The molecule has 0 radical (unpaired) electrons. The molecule has 1 aliphatic heterocycles. The Morgan fingerprint density at radius 3 is 3.00 bits per heavy atom. The molecule has 1 aliphatic rings. The number of urea groups is 1. The van der Waals surface area contributed by atoms with E-state index in [0.29, 0.717) is 5.92 Å². The van der Waals surface area contributed by atoms with Crippen molar-refractivity contribution in [2.75, 3.05) is 26.8 Å². The van der Waals surface area contributed by atoms with Crippen molar-refractivity contribution in [3.63, 3.8) is 0 Å². The highest BCUT2D eigenvalue weighted by Crippen LogP contribution is 2.18. The van der Waals surface area contributed by atoms with Crippen LogP contribution in [0, 0.1) is 5.92 Å². The van der Waals surface area contributed by atoms with E-state index in [-0.39, 0.29) is 6.04 Å². The van der Waals surface area contributed by atoms with Gasteiger partial charge in [0.2, 0.25) is 0 Å². The standard InChI is InChI=1S/C10H21N3O2/c1-12-6-9(13-10(11)14)5-8-3-2-4-15-7-8/h8-9,12H,2-7H2,1H3,(H3,11,13,14)/t8-,9+/m1/s1. The maximum atomic E-state index is 10.8. The summed E-state index contributed by atoms with van der Waals surface area (Å²) < 4.78 is 5.40. The minimum atomic E-state index is -0.452. The van der Waals surface area contributed by atoms with Crippen molar-refractivity contribution in [2.45, 2.75) is 25.3 Å². The zero-order valence-electron chi connectivity index (χ0n) is 9.29. The molecule has 0 aromatic carbocycles. The normalized spacial score (nSPS) is 23.4. The lowest BCUT2D eigenvalue weighted by molar-refractivity contribution is 0.0481. The van der Waals surface area contributed by atoms with Gasteiger partial charge in [0.05, 0.1) is 0 Å². The van der Waals surface area contributed by atoms with Crippen LogP contribution in [0.3, 0.4) is 0 Å². The highest BCUT2D eigenvalue weighted by molar-refractivity contribution is 5.71. The first-order valence-electron chi connectivity index (χ1n) is 5.50. The van der Waals surface area contributed by atoms with E-state index in [9.17, 15) is 4.79 Å². The molecular weight excluding hydrogens is 194 g/mol. The summed E-state index contributed by atoms with van der Waals surface area (Å²) in [6, 6.07) is -0.342. The monoisotopic (exact) mass is 215 g/mol. The molecule has 0 unspecified atom stereocenters. The summed E-state index contributed by atoms with van der Waals surface area (Å²) in [5.74, 6) is 0.545. The Balaban J connectivity index is 2.31. The number of likely N-dealkylation sites (N-methyl/N-ethyl adjacent to an activating group) is 1. The lowest BCUT2D eigenvalue weighted by atomic mass is 9.94. The fourth-order valence-corrected chi connectivity index (χ4v) is 2.04. The summed E-state index contributed by atoms with van der Waals surface area (Å²) in [6.45, 7) is 2.43. The van der Waals surface area contributed by atoms with Gasteiger partial charge in [0.1, 0.15) is 0 Å². The second kappa shape index (κ2) is 6.63. The fraction of sp³-hybridized carbons (Fsp3) is 0.900. The number of rotatable bonds is 5. The Hall–Kier alpha value is -0.810. The van der Waals surface area contributed by atoms with Crippen LogP contribution in [-0.4, -0.2) is 38.9 Å². The molecule has 0 bridgehead atoms.